The zero-order chi connectivity index (χ0) is 19.0. The molecule has 26 heavy (non-hydrogen) atoms. The molecule has 3 rings (SSSR count). The molecule has 0 spiro atoms. The largest absolute Gasteiger partial charge is 0.465 e. The molecular weight excluding hydrogens is 358 g/mol. The quantitative estimate of drug-likeness (QED) is 0.492. The number of ether oxygens (including phenoxy) is 1. The lowest BCUT2D eigenvalue weighted by atomic mass is 10.2. The molecule has 1 fully saturated rings. The summed E-state index contributed by atoms with van der Waals surface area (Å²) in [7, 11) is 1.30. The second-order valence-corrected chi connectivity index (χ2v) is 6.19. The zero-order valence-corrected chi connectivity index (χ0v) is 15.1. The minimum atomic E-state index is -0.541. The molecule has 8 heteroatoms. The Morgan fingerprint density at radius 2 is 1.92 bits per heavy atom. The topological polar surface area (TPSA) is 89.4 Å². The average molecular weight is 374 g/mol. The van der Waals surface area contributed by atoms with Gasteiger partial charge in [-0.05, 0) is 49.8 Å². The minimum Gasteiger partial charge on any atom is -0.465 e. The van der Waals surface area contributed by atoms with Crippen LogP contribution in [0.25, 0.3) is 11.8 Å². The first kappa shape index (κ1) is 17.8. The molecular formula is C18H16ClN3O4. The second-order valence-electron chi connectivity index (χ2n) is 5.78. The van der Waals surface area contributed by atoms with E-state index in [1.54, 1.807) is 24.3 Å². The van der Waals surface area contributed by atoms with Gasteiger partial charge in [0.2, 0.25) is 0 Å². The summed E-state index contributed by atoms with van der Waals surface area (Å²) in [5, 5.41) is 4.91. The molecule has 0 aliphatic carbocycles. The molecule has 1 aromatic carbocycles. The first-order valence-electron chi connectivity index (χ1n) is 7.73. The highest BCUT2D eigenvalue weighted by Crippen LogP contribution is 2.26. The van der Waals surface area contributed by atoms with Crippen molar-refractivity contribution in [3.63, 3.8) is 0 Å². The highest BCUT2D eigenvalue weighted by molar-refractivity contribution is 6.33. The van der Waals surface area contributed by atoms with Crippen molar-refractivity contribution in [2.24, 2.45) is 0 Å². The average Bonchev–Trinajstić information content (AvgIpc) is 3.05. The number of hydrogen-bond donors (Lipinski definition) is 2. The van der Waals surface area contributed by atoms with E-state index < -0.39 is 17.9 Å². The van der Waals surface area contributed by atoms with Gasteiger partial charge in [0.05, 0.1) is 17.7 Å². The van der Waals surface area contributed by atoms with E-state index in [0.717, 1.165) is 22.6 Å². The van der Waals surface area contributed by atoms with Crippen LogP contribution in [0.3, 0.4) is 0 Å². The van der Waals surface area contributed by atoms with Crippen molar-refractivity contribution in [3.05, 3.63) is 57.5 Å². The summed E-state index contributed by atoms with van der Waals surface area (Å²) in [5.41, 5.74) is 3.78. The van der Waals surface area contributed by atoms with E-state index in [9.17, 15) is 14.4 Å². The Morgan fingerprint density at radius 3 is 2.50 bits per heavy atom. The summed E-state index contributed by atoms with van der Waals surface area (Å²) in [6.45, 7) is 3.79. The maximum absolute atomic E-state index is 11.7. The SMILES string of the molecule is COC(=O)c1ccc(-n2c(C)cc(/C=C3\NC(=O)NC3=O)c2C)cc1Cl. The van der Waals surface area contributed by atoms with E-state index >= 15 is 0 Å². The van der Waals surface area contributed by atoms with Crippen LogP contribution in [0.5, 0.6) is 0 Å². The van der Waals surface area contributed by atoms with Gasteiger partial charge >= 0.3 is 12.0 Å². The third-order valence-electron chi connectivity index (χ3n) is 4.11. The van der Waals surface area contributed by atoms with Gasteiger partial charge in [-0.15, -0.1) is 0 Å². The van der Waals surface area contributed by atoms with Gasteiger partial charge in [-0.2, -0.15) is 0 Å². The Labute approximate surface area is 154 Å². The maximum Gasteiger partial charge on any atom is 0.339 e. The highest BCUT2D eigenvalue weighted by Gasteiger charge is 2.23. The fourth-order valence-corrected chi connectivity index (χ4v) is 3.14. The summed E-state index contributed by atoms with van der Waals surface area (Å²) in [6.07, 6.45) is 1.61. The van der Waals surface area contributed by atoms with Crippen molar-refractivity contribution in [1.29, 1.82) is 0 Å². The molecule has 1 aromatic heterocycles. The van der Waals surface area contributed by atoms with Crippen molar-refractivity contribution in [1.82, 2.24) is 15.2 Å². The number of halogens is 1. The molecule has 134 valence electrons. The number of imide groups is 1. The Balaban J connectivity index is 2.03. The predicted molar refractivity (Wildman–Crippen MR) is 96.2 cm³/mol. The van der Waals surface area contributed by atoms with Gasteiger partial charge in [0.15, 0.2) is 0 Å². The second kappa shape index (κ2) is 6.68. The molecule has 2 heterocycles. The number of benzene rings is 1. The molecule has 0 atom stereocenters. The summed E-state index contributed by atoms with van der Waals surface area (Å²) < 4.78 is 6.64. The Morgan fingerprint density at radius 1 is 1.19 bits per heavy atom. The maximum atomic E-state index is 11.7. The van der Waals surface area contributed by atoms with Crippen LogP contribution in [0.4, 0.5) is 4.79 Å². The van der Waals surface area contributed by atoms with Crippen molar-refractivity contribution >= 4 is 35.6 Å². The summed E-state index contributed by atoms with van der Waals surface area (Å²) >= 11 is 6.21. The van der Waals surface area contributed by atoms with E-state index in [4.69, 9.17) is 16.3 Å². The third-order valence-corrected chi connectivity index (χ3v) is 4.42. The molecule has 1 saturated heterocycles. The van der Waals surface area contributed by atoms with Gasteiger partial charge in [-0.3, -0.25) is 10.1 Å². The van der Waals surface area contributed by atoms with Crippen LogP contribution >= 0.6 is 11.6 Å². The van der Waals surface area contributed by atoms with Gasteiger partial charge in [0, 0.05) is 17.1 Å². The number of nitrogens with one attached hydrogen (secondary N) is 2. The Kier molecular flexibility index (Phi) is 4.56. The minimum absolute atomic E-state index is 0.189. The fraction of sp³-hybridized carbons (Fsp3) is 0.167. The monoisotopic (exact) mass is 373 g/mol. The van der Waals surface area contributed by atoms with Crippen molar-refractivity contribution in [2.75, 3.05) is 7.11 Å². The predicted octanol–water partition coefficient (Wildman–Crippen LogP) is 2.71. The summed E-state index contributed by atoms with van der Waals surface area (Å²) in [4.78, 5) is 34.6. The van der Waals surface area contributed by atoms with Crippen molar-refractivity contribution in [2.45, 2.75) is 13.8 Å². The van der Waals surface area contributed by atoms with Crippen LogP contribution in [-0.4, -0.2) is 29.6 Å². The van der Waals surface area contributed by atoms with Gasteiger partial charge < -0.3 is 14.6 Å². The van der Waals surface area contributed by atoms with Crippen LogP contribution in [0.15, 0.2) is 30.0 Å². The van der Waals surface area contributed by atoms with E-state index in [1.165, 1.54) is 7.11 Å². The van der Waals surface area contributed by atoms with Gasteiger partial charge in [0.1, 0.15) is 5.70 Å². The molecule has 2 N–H and O–H groups in total. The van der Waals surface area contributed by atoms with Crippen LogP contribution in [0.1, 0.15) is 27.3 Å². The van der Waals surface area contributed by atoms with Crippen LogP contribution in [0.2, 0.25) is 5.02 Å². The molecule has 1 aliphatic heterocycles. The molecule has 0 bridgehead atoms. The van der Waals surface area contributed by atoms with E-state index in [-0.39, 0.29) is 16.3 Å². The number of esters is 1. The van der Waals surface area contributed by atoms with Gasteiger partial charge in [0.25, 0.3) is 5.91 Å². The number of urea groups is 1. The number of carbonyl (C=O) groups excluding carboxylic acids is 3. The molecule has 1 aliphatic rings. The van der Waals surface area contributed by atoms with Crippen LogP contribution < -0.4 is 10.6 Å². The Hall–Kier alpha value is -3.06. The molecule has 0 unspecified atom stereocenters. The van der Waals surface area contributed by atoms with E-state index in [2.05, 4.69) is 10.6 Å². The number of aryl methyl sites for hydroxylation is 1. The van der Waals surface area contributed by atoms with Crippen molar-refractivity contribution < 1.29 is 19.1 Å². The van der Waals surface area contributed by atoms with Gasteiger partial charge in [-0.1, -0.05) is 11.6 Å². The lowest BCUT2D eigenvalue weighted by molar-refractivity contribution is -0.115. The molecule has 7 nitrogen and oxygen atoms in total. The van der Waals surface area contributed by atoms with Crippen LogP contribution in [0, 0.1) is 13.8 Å². The number of hydrogen-bond acceptors (Lipinski definition) is 4. The van der Waals surface area contributed by atoms with Crippen LogP contribution in [-0.2, 0) is 9.53 Å². The highest BCUT2D eigenvalue weighted by atomic mass is 35.5. The van der Waals surface area contributed by atoms with Gasteiger partial charge in [-0.25, -0.2) is 9.59 Å². The molecule has 0 radical (unpaired) electrons. The van der Waals surface area contributed by atoms with E-state index in [0.29, 0.717) is 0 Å². The smallest absolute Gasteiger partial charge is 0.339 e. The summed E-state index contributed by atoms with van der Waals surface area (Å²) in [5.74, 6) is -0.971. The standard InChI is InChI=1S/C18H16ClN3O4/c1-9-6-11(7-15-16(23)21-18(25)20-15)10(2)22(9)12-4-5-13(14(19)8-12)17(24)26-3/h4-8H,1-3H3,(H2,20,21,23,25)/b15-7-. The summed E-state index contributed by atoms with van der Waals surface area (Å²) in [6, 6.07) is 6.39. The molecule has 3 amide bonds. The first-order valence-corrected chi connectivity index (χ1v) is 8.11. The lowest BCUT2D eigenvalue weighted by Gasteiger charge is -2.11. The lowest BCUT2D eigenvalue weighted by Crippen LogP contribution is -2.22. The number of amides is 3. The van der Waals surface area contributed by atoms with E-state index in [1.807, 2.05) is 24.5 Å². The number of aromatic nitrogens is 1. The Bertz CT molecular complexity index is 975. The fourth-order valence-electron chi connectivity index (χ4n) is 2.89. The van der Waals surface area contributed by atoms with Crippen molar-refractivity contribution in [3.8, 4) is 5.69 Å². The number of carbonyl (C=O) groups is 3. The number of rotatable bonds is 3. The molecule has 0 saturated carbocycles. The normalized spacial score (nSPS) is 15.2. The first-order chi connectivity index (χ1) is 12.3. The number of methoxy groups -OCH3 is 1. The third kappa shape index (κ3) is 3.09. The number of nitrogens with zero attached hydrogens (tertiary/aromatic N) is 1. The molecule has 2 aromatic rings. The zero-order valence-electron chi connectivity index (χ0n) is 14.3.